The maximum absolute atomic E-state index is 11.6. The lowest BCUT2D eigenvalue weighted by Gasteiger charge is -2.04. The number of rotatable bonds is 4. The van der Waals surface area contributed by atoms with Crippen molar-refractivity contribution >= 4 is 29.3 Å². The van der Waals surface area contributed by atoms with Gasteiger partial charge in [0.1, 0.15) is 4.88 Å². The fraction of sp³-hybridized carbons (Fsp3) is 0.455. The van der Waals surface area contributed by atoms with E-state index in [1.54, 1.807) is 20.8 Å². The molecule has 1 heterocycles. The van der Waals surface area contributed by atoms with Gasteiger partial charge in [0, 0.05) is 0 Å². The SMILES string of the molecule is CCOC(=O)NC(=O)COC(=O)c1sc(C)nc1C. The Balaban J connectivity index is 2.44. The quantitative estimate of drug-likeness (QED) is 0.835. The summed E-state index contributed by atoms with van der Waals surface area (Å²) in [6.45, 7) is 4.66. The smallest absolute Gasteiger partial charge is 0.413 e. The van der Waals surface area contributed by atoms with Gasteiger partial charge in [0.25, 0.3) is 5.91 Å². The van der Waals surface area contributed by atoms with E-state index in [2.05, 4.69) is 9.72 Å². The molecule has 0 aliphatic rings. The number of thiazole rings is 1. The fourth-order valence-electron chi connectivity index (χ4n) is 1.23. The van der Waals surface area contributed by atoms with Crippen molar-refractivity contribution in [2.24, 2.45) is 0 Å². The van der Waals surface area contributed by atoms with Crippen molar-refractivity contribution in [2.45, 2.75) is 20.8 Å². The number of aryl methyl sites for hydroxylation is 2. The molecule has 0 spiro atoms. The molecule has 0 saturated carbocycles. The number of aromatic nitrogens is 1. The molecule has 0 radical (unpaired) electrons. The van der Waals surface area contributed by atoms with Crippen LogP contribution in [0, 0.1) is 13.8 Å². The van der Waals surface area contributed by atoms with E-state index >= 15 is 0 Å². The average molecular weight is 286 g/mol. The lowest BCUT2D eigenvalue weighted by molar-refractivity contribution is -0.123. The molecule has 7 nitrogen and oxygen atoms in total. The lowest BCUT2D eigenvalue weighted by atomic mass is 10.4. The highest BCUT2D eigenvalue weighted by Gasteiger charge is 2.17. The minimum atomic E-state index is -0.867. The van der Waals surface area contributed by atoms with Gasteiger partial charge >= 0.3 is 12.1 Å². The van der Waals surface area contributed by atoms with Crippen molar-refractivity contribution in [3.8, 4) is 0 Å². The third kappa shape index (κ3) is 4.66. The van der Waals surface area contributed by atoms with Gasteiger partial charge in [-0.1, -0.05) is 0 Å². The summed E-state index contributed by atoms with van der Waals surface area (Å²) in [7, 11) is 0. The first-order valence-corrected chi connectivity index (χ1v) is 6.33. The normalized spacial score (nSPS) is 9.84. The molecule has 1 rings (SSSR count). The number of hydrogen-bond acceptors (Lipinski definition) is 7. The molecule has 0 aliphatic heterocycles. The second kappa shape index (κ2) is 6.83. The van der Waals surface area contributed by atoms with Gasteiger partial charge in [-0.2, -0.15) is 0 Å². The monoisotopic (exact) mass is 286 g/mol. The van der Waals surface area contributed by atoms with Crippen LogP contribution in [0.3, 0.4) is 0 Å². The van der Waals surface area contributed by atoms with E-state index in [0.29, 0.717) is 10.6 Å². The van der Waals surface area contributed by atoms with Gasteiger partial charge in [-0.05, 0) is 20.8 Å². The van der Waals surface area contributed by atoms with Crippen LogP contribution in [0.2, 0.25) is 0 Å². The Labute approximate surface area is 113 Å². The summed E-state index contributed by atoms with van der Waals surface area (Å²) >= 11 is 1.19. The van der Waals surface area contributed by atoms with E-state index in [-0.39, 0.29) is 6.61 Å². The number of hydrogen-bond donors (Lipinski definition) is 1. The number of carbonyl (C=O) groups is 3. The Morgan fingerprint density at radius 3 is 2.47 bits per heavy atom. The molecule has 0 atom stereocenters. The lowest BCUT2D eigenvalue weighted by Crippen LogP contribution is -2.34. The van der Waals surface area contributed by atoms with Crippen LogP contribution in [0.5, 0.6) is 0 Å². The van der Waals surface area contributed by atoms with Gasteiger partial charge in [0.2, 0.25) is 0 Å². The highest BCUT2D eigenvalue weighted by Crippen LogP contribution is 2.17. The maximum atomic E-state index is 11.6. The van der Waals surface area contributed by atoms with E-state index in [4.69, 9.17) is 4.74 Å². The second-order valence-corrected chi connectivity index (χ2v) is 4.70. The van der Waals surface area contributed by atoms with E-state index in [1.165, 1.54) is 11.3 Å². The maximum Gasteiger partial charge on any atom is 0.413 e. The molecule has 0 unspecified atom stereocenters. The van der Waals surface area contributed by atoms with Crippen molar-refractivity contribution in [2.75, 3.05) is 13.2 Å². The third-order valence-corrected chi connectivity index (χ3v) is 2.99. The van der Waals surface area contributed by atoms with Crippen LogP contribution in [-0.2, 0) is 14.3 Å². The van der Waals surface area contributed by atoms with E-state index < -0.39 is 24.6 Å². The van der Waals surface area contributed by atoms with Gasteiger partial charge < -0.3 is 9.47 Å². The molecule has 0 aromatic carbocycles. The molecule has 2 amide bonds. The van der Waals surface area contributed by atoms with Crippen LogP contribution in [0.15, 0.2) is 0 Å². The van der Waals surface area contributed by atoms with E-state index in [9.17, 15) is 14.4 Å². The van der Waals surface area contributed by atoms with Gasteiger partial charge in [-0.3, -0.25) is 10.1 Å². The van der Waals surface area contributed by atoms with E-state index in [0.717, 1.165) is 5.01 Å². The molecule has 0 fully saturated rings. The van der Waals surface area contributed by atoms with Crippen molar-refractivity contribution < 1.29 is 23.9 Å². The number of alkyl carbamates (subject to hydrolysis) is 1. The summed E-state index contributed by atoms with van der Waals surface area (Å²) in [5, 5.41) is 2.65. The predicted molar refractivity (Wildman–Crippen MR) is 67.0 cm³/mol. The van der Waals surface area contributed by atoms with Crippen LogP contribution in [0.1, 0.15) is 27.3 Å². The number of amides is 2. The summed E-state index contributed by atoms with van der Waals surface area (Å²) in [6, 6.07) is 0. The van der Waals surface area contributed by atoms with Crippen LogP contribution < -0.4 is 5.32 Å². The average Bonchev–Trinajstić information content (AvgIpc) is 2.65. The van der Waals surface area contributed by atoms with Crippen LogP contribution in [-0.4, -0.2) is 36.2 Å². The number of ether oxygens (including phenoxy) is 2. The molecule has 0 saturated heterocycles. The van der Waals surface area contributed by atoms with E-state index in [1.807, 2.05) is 5.32 Å². The topological polar surface area (TPSA) is 94.6 Å². The van der Waals surface area contributed by atoms with Crippen molar-refractivity contribution in [3.63, 3.8) is 0 Å². The first-order valence-electron chi connectivity index (χ1n) is 5.51. The number of imide groups is 1. The Hall–Kier alpha value is -1.96. The molecule has 19 heavy (non-hydrogen) atoms. The molecule has 104 valence electrons. The summed E-state index contributed by atoms with van der Waals surface area (Å²) in [5.41, 5.74) is 0.554. The Bertz CT molecular complexity index is 497. The zero-order chi connectivity index (χ0) is 14.4. The van der Waals surface area contributed by atoms with Crippen LogP contribution >= 0.6 is 11.3 Å². The summed E-state index contributed by atoms with van der Waals surface area (Å²) in [6.07, 6.45) is -0.867. The van der Waals surface area contributed by atoms with Crippen molar-refractivity contribution in [1.29, 1.82) is 0 Å². The molecular formula is C11H14N2O5S. The standard InChI is InChI=1S/C11H14N2O5S/c1-4-17-11(16)13-8(14)5-18-10(15)9-6(2)12-7(3)19-9/h4-5H2,1-3H3,(H,13,14,16). The molecule has 0 aliphatic carbocycles. The van der Waals surface area contributed by atoms with Crippen molar-refractivity contribution in [3.05, 3.63) is 15.6 Å². The summed E-state index contributed by atoms with van der Waals surface area (Å²) in [4.78, 5) is 38.2. The molecule has 8 heteroatoms. The second-order valence-electron chi connectivity index (χ2n) is 3.49. The van der Waals surface area contributed by atoms with Crippen LogP contribution in [0.4, 0.5) is 4.79 Å². The zero-order valence-corrected chi connectivity index (χ0v) is 11.6. The highest BCUT2D eigenvalue weighted by atomic mass is 32.1. The molecule has 1 aromatic heterocycles. The summed E-state index contributed by atoms with van der Waals surface area (Å²) in [5.74, 6) is -1.38. The fourth-order valence-corrected chi connectivity index (χ4v) is 2.05. The Kier molecular flexibility index (Phi) is 5.43. The van der Waals surface area contributed by atoms with Gasteiger partial charge in [-0.15, -0.1) is 11.3 Å². The Morgan fingerprint density at radius 2 is 1.95 bits per heavy atom. The minimum absolute atomic E-state index is 0.151. The number of nitrogens with zero attached hydrogens (tertiary/aromatic N) is 1. The minimum Gasteiger partial charge on any atom is -0.451 e. The first kappa shape index (κ1) is 15.1. The summed E-state index contributed by atoms with van der Waals surface area (Å²) < 4.78 is 9.28. The van der Waals surface area contributed by atoms with Crippen molar-refractivity contribution in [1.82, 2.24) is 10.3 Å². The van der Waals surface area contributed by atoms with Gasteiger partial charge in [0.05, 0.1) is 17.3 Å². The molecular weight excluding hydrogens is 272 g/mol. The largest absolute Gasteiger partial charge is 0.451 e. The third-order valence-electron chi connectivity index (χ3n) is 1.94. The molecule has 1 N–H and O–H groups in total. The predicted octanol–water partition coefficient (Wildman–Crippen LogP) is 1.19. The number of nitrogens with one attached hydrogen (secondary N) is 1. The number of carbonyl (C=O) groups excluding carboxylic acids is 3. The Morgan fingerprint density at radius 1 is 1.26 bits per heavy atom. The zero-order valence-electron chi connectivity index (χ0n) is 10.8. The van der Waals surface area contributed by atoms with Gasteiger partial charge in [-0.25, -0.2) is 14.6 Å². The first-order chi connectivity index (χ1) is 8.93. The number of esters is 1. The van der Waals surface area contributed by atoms with Crippen LogP contribution in [0.25, 0.3) is 0 Å². The highest BCUT2D eigenvalue weighted by molar-refractivity contribution is 7.13. The molecule has 1 aromatic rings. The molecule has 0 bridgehead atoms. The van der Waals surface area contributed by atoms with Gasteiger partial charge in [0.15, 0.2) is 6.61 Å².